The number of sulfonamides is 1. The lowest BCUT2D eigenvalue weighted by Crippen LogP contribution is -2.49. The smallest absolute Gasteiger partial charge is 0.332 e. The highest BCUT2D eigenvalue weighted by atomic mass is 32.2. The van der Waals surface area contributed by atoms with Crippen LogP contribution in [0.15, 0.2) is 53.4 Å². The third kappa shape index (κ3) is 5.25. The second-order valence-corrected chi connectivity index (χ2v) is 7.57. The van der Waals surface area contributed by atoms with E-state index in [1.807, 2.05) is 0 Å². The molecule has 0 fully saturated rings. The number of carbonyl (C=O) groups is 2. The molecule has 0 aliphatic heterocycles. The molecule has 29 heavy (non-hydrogen) atoms. The lowest BCUT2D eigenvalue weighted by atomic mass is 10.1. The predicted molar refractivity (Wildman–Crippen MR) is 97.9 cm³/mol. The topological polar surface area (TPSA) is 147 Å². The highest BCUT2D eigenvalue weighted by molar-refractivity contribution is 7.90. The molecule has 0 radical (unpaired) electrons. The van der Waals surface area contributed by atoms with Crippen LogP contribution in [0.5, 0.6) is 0 Å². The number of carboxylic acid groups (broad SMARTS) is 1. The first-order valence-corrected chi connectivity index (χ1v) is 9.55. The molecule has 0 spiro atoms. The Morgan fingerprint density at radius 2 is 1.79 bits per heavy atom. The standard InChI is InChI=1S/C17H16FN3O7S/c1-11(16(22)23)20(10-12-4-2-3-5-15(12)21(25)26)17(24)19-29(27,28)14-8-6-13(18)7-9-14/h2-9,11H,10H2,1H3,(H,19,24)(H,22,23)/t11-/m0/s1. The Morgan fingerprint density at radius 3 is 2.34 bits per heavy atom. The van der Waals surface area contributed by atoms with Gasteiger partial charge in [0.2, 0.25) is 0 Å². The van der Waals surface area contributed by atoms with E-state index >= 15 is 0 Å². The van der Waals surface area contributed by atoms with Crippen LogP contribution < -0.4 is 4.72 Å². The Labute approximate surface area is 164 Å². The van der Waals surface area contributed by atoms with Gasteiger partial charge in [-0.3, -0.25) is 10.1 Å². The number of nitrogens with zero attached hydrogens (tertiary/aromatic N) is 2. The number of benzene rings is 2. The molecule has 2 aromatic carbocycles. The molecule has 154 valence electrons. The summed E-state index contributed by atoms with van der Waals surface area (Å²) in [6.45, 7) is 0.594. The Balaban J connectivity index is 2.35. The van der Waals surface area contributed by atoms with Crippen molar-refractivity contribution in [3.63, 3.8) is 0 Å². The third-order valence-electron chi connectivity index (χ3n) is 3.96. The number of amides is 2. The average molecular weight is 425 g/mol. The van der Waals surface area contributed by atoms with Crippen LogP contribution in [0, 0.1) is 15.9 Å². The number of carbonyl (C=O) groups excluding carboxylic acids is 1. The Morgan fingerprint density at radius 1 is 1.21 bits per heavy atom. The van der Waals surface area contributed by atoms with E-state index in [2.05, 4.69) is 0 Å². The van der Waals surface area contributed by atoms with Crippen LogP contribution in [-0.4, -0.2) is 41.4 Å². The number of aliphatic carboxylic acids is 1. The van der Waals surface area contributed by atoms with Crippen molar-refractivity contribution in [2.45, 2.75) is 24.4 Å². The fourth-order valence-electron chi connectivity index (χ4n) is 2.37. The van der Waals surface area contributed by atoms with E-state index in [1.165, 1.54) is 24.3 Å². The lowest BCUT2D eigenvalue weighted by molar-refractivity contribution is -0.385. The molecule has 2 amide bonds. The highest BCUT2D eigenvalue weighted by Gasteiger charge is 2.31. The van der Waals surface area contributed by atoms with Gasteiger partial charge in [0.25, 0.3) is 15.7 Å². The molecule has 2 rings (SSSR count). The van der Waals surface area contributed by atoms with E-state index in [4.69, 9.17) is 0 Å². The maximum Gasteiger partial charge on any atom is 0.332 e. The fourth-order valence-corrected chi connectivity index (χ4v) is 3.33. The maximum absolute atomic E-state index is 13.0. The first-order valence-electron chi connectivity index (χ1n) is 8.07. The van der Waals surface area contributed by atoms with Crippen LogP contribution in [-0.2, 0) is 21.4 Å². The molecule has 0 bridgehead atoms. The van der Waals surface area contributed by atoms with Gasteiger partial charge in [-0.1, -0.05) is 18.2 Å². The molecule has 0 heterocycles. The van der Waals surface area contributed by atoms with Gasteiger partial charge in [-0.25, -0.2) is 27.1 Å². The van der Waals surface area contributed by atoms with Crippen molar-refractivity contribution < 1.29 is 32.4 Å². The van der Waals surface area contributed by atoms with Crippen molar-refractivity contribution in [2.24, 2.45) is 0 Å². The van der Waals surface area contributed by atoms with Crippen molar-refractivity contribution in [2.75, 3.05) is 0 Å². The number of carboxylic acids is 1. The molecule has 1 atom stereocenters. The molecule has 2 N–H and O–H groups in total. The van der Waals surface area contributed by atoms with E-state index in [9.17, 15) is 37.6 Å². The zero-order chi connectivity index (χ0) is 21.8. The van der Waals surface area contributed by atoms with Crippen LogP contribution in [0.3, 0.4) is 0 Å². The molecule has 0 saturated heterocycles. The number of urea groups is 1. The highest BCUT2D eigenvalue weighted by Crippen LogP contribution is 2.21. The Bertz CT molecular complexity index is 1040. The van der Waals surface area contributed by atoms with Crippen molar-refractivity contribution in [3.8, 4) is 0 Å². The van der Waals surface area contributed by atoms with Gasteiger partial charge in [0.15, 0.2) is 0 Å². The van der Waals surface area contributed by atoms with Gasteiger partial charge in [0.05, 0.1) is 16.4 Å². The summed E-state index contributed by atoms with van der Waals surface area (Å²) in [7, 11) is -4.43. The van der Waals surface area contributed by atoms with Gasteiger partial charge in [-0.15, -0.1) is 0 Å². The zero-order valence-electron chi connectivity index (χ0n) is 15.0. The monoisotopic (exact) mass is 425 g/mol. The molecule has 12 heteroatoms. The quantitative estimate of drug-likeness (QED) is 0.510. The summed E-state index contributed by atoms with van der Waals surface area (Å²) in [5.41, 5.74) is -0.343. The van der Waals surface area contributed by atoms with Crippen molar-refractivity contribution in [1.82, 2.24) is 9.62 Å². The molecule has 0 saturated carbocycles. The third-order valence-corrected chi connectivity index (χ3v) is 5.30. The number of para-hydroxylation sites is 1. The first-order chi connectivity index (χ1) is 13.5. The normalized spacial score (nSPS) is 12.1. The predicted octanol–water partition coefficient (Wildman–Crippen LogP) is 2.11. The van der Waals surface area contributed by atoms with E-state index in [-0.39, 0.29) is 11.3 Å². The van der Waals surface area contributed by atoms with Gasteiger partial charge in [0.1, 0.15) is 11.9 Å². The summed E-state index contributed by atoms with van der Waals surface area (Å²) in [6, 6.07) is 6.16. The molecule has 0 aliphatic carbocycles. The minimum atomic E-state index is -4.43. The van der Waals surface area contributed by atoms with E-state index in [1.54, 1.807) is 4.72 Å². The molecule has 0 aliphatic rings. The number of nitro benzene ring substituents is 1. The lowest BCUT2D eigenvalue weighted by Gasteiger charge is -2.26. The van der Waals surface area contributed by atoms with E-state index in [0.29, 0.717) is 4.90 Å². The molecule has 2 aromatic rings. The van der Waals surface area contributed by atoms with Crippen molar-refractivity contribution >= 4 is 27.7 Å². The van der Waals surface area contributed by atoms with Gasteiger partial charge >= 0.3 is 12.0 Å². The number of hydrogen-bond acceptors (Lipinski definition) is 6. The SMILES string of the molecule is C[C@@H](C(=O)O)N(Cc1ccccc1[N+](=O)[O-])C(=O)NS(=O)(=O)c1ccc(F)cc1. The molecule has 10 nitrogen and oxygen atoms in total. The number of halogens is 1. The second kappa shape index (κ2) is 8.65. The number of nitrogens with one attached hydrogen (secondary N) is 1. The van der Waals surface area contributed by atoms with E-state index in [0.717, 1.165) is 31.2 Å². The van der Waals surface area contributed by atoms with Gasteiger partial charge in [0, 0.05) is 11.6 Å². The van der Waals surface area contributed by atoms with Gasteiger partial charge < -0.3 is 10.0 Å². The Hall–Kier alpha value is -3.54. The molecular formula is C17H16FN3O7S. The Kier molecular flexibility index (Phi) is 6.49. The van der Waals surface area contributed by atoms with Crippen molar-refractivity contribution in [1.29, 1.82) is 0 Å². The van der Waals surface area contributed by atoms with Gasteiger partial charge in [-0.05, 0) is 31.2 Å². The summed E-state index contributed by atoms with van der Waals surface area (Å²) in [5.74, 6) is -2.13. The summed E-state index contributed by atoms with van der Waals surface area (Å²) >= 11 is 0. The first kappa shape index (κ1) is 21.8. The van der Waals surface area contributed by atoms with Crippen LogP contribution >= 0.6 is 0 Å². The maximum atomic E-state index is 13.0. The zero-order valence-corrected chi connectivity index (χ0v) is 15.8. The van der Waals surface area contributed by atoms with Crippen LogP contribution in [0.4, 0.5) is 14.9 Å². The fraction of sp³-hybridized carbons (Fsp3) is 0.176. The summed E-state index contributed by atoms with van der Waals surface area (Å²) in [6.07, 6.45) is 0. The van der Waals surface area contributed by atoms with Crippen LogP contribution in [0.25, 0.3) is 0 Å². The van der Waals surface area contributed by atoms with Crippen molar-refractivity contribution in [3.05, 3.63) is 70.0 Å². The van der Waals surface area contributed by atoms with Crippen LogP contribution in [0.1, 0.15) is 12.5 Å². The molecule has 0 unspecified atom stereocenters. The largest absolute Gasteiger partial charge is 0.480 e. The summed E-state index contributed by atoms with van der Waals surface area (Å²) in [4.78, 5) is 34.6. The second-order valence-electron chi connectivity index (χ2n) is 5.89. The minimum Gasteiger partial charge on any atom is -0.480 e. The van der Waals surface area contributed by atoms with Crippen LogP contribution in [0.2, 0.25) is 0 Å². The average Bonchev–Trinajstić information content (AvgIpc) is 2.65. The molecule has 0 aromatic heterocycles. The summed E-state index contributed by atoms with van der Waals surface area (Å²) < 4.78 is 39.4. The number of hydrogen-bond donors (Lipinski definition) is 2. The minimum absolute atomic E-state index is 0.0138. The van der Waals surface area contributed by atoms with Gasteiger partial charge in [-0.2, -0.15) is 0 Å². The number of rotatable bonds is 7. The summed E-state index contributed by atoms with van der Waals surface area (Å²) in [5, 5.41) is 20.4. The van der Waals surface area contributed by atoms with E-state index < -0.39 is 50.2 Å². The number of nitro groups is 1. The molecular weight excluding hydrogens is 409 g/mol.